The summed E-state index contributed by atoms with van der Waals surface area (Å²) in [4.78, 5) is 4.53. The minimum Gasteiger partial charge on any atom is -0.258 e. The van der Waals surface area contributed by atoms with Crippen LogP contribution in [0.1, 0.15) is 36.4 Å². The van der Waals surface area contributed by atoms with Gasteiger partial charge in [-0.15, -0.1) is 0 Å². The summed E-state index contributed by atoms with van der Waals surface area (Å²) in [5.41, 5.74) is 6.77. The normalized spacial score (nSPS) is 17.3. The maximum atomic E-state index is 12.1. The van der Waals surface area contributed by atoms with E-state index in [9.17, 15) is 8.42 Å². The molecule has 5 heteroatoms. The Morgan fingerprint density at radius 3 is 2.46 bits per heavy atom. The van der Waals surface area contributed by atoms with Crippen LogP contribution in [0.2, 0.25) is 0 Å². The lowest BCUT2D eigenvalue weighted by atomic mass is 9.99. The molecule has 1 aromatic carbocycles. The Hall–Kier alpha value is -1.72. The molecule has 1 atom stereocenters. The highest BCUT2D eigenvalue weighted by Crippen LogP contribution is 2.30. The number of hydrogen-bond donors (Lipinski definition) is 1. The molecule has 0 saturated carbocycles. The number of fused-ring (bicyclic) bond motifs is 1. The molecule has 0 fully saturated rings. The fraction of sp³-hybridized carbons (Fsp3) is 0.421. The number of benzene rings is 1. The molecule has 1 heterocycles. The van der Waals surface area contributed by atoms with Gasteiger partial charge in [0, 0.05) is 23.0 Å². The molecule has 0 radical (unpaired) electrons. The third-order valence-corrected chi connectivity index (χ3v) is 6.53. The van der Waals surface area contributed by atoms with Crippen molar-refractivity contribution in [2.45, 2.75) is 51.8 Å². The van der Waals surface area contributed by atoms with Gasteiger partial charge in [-0.05, 0) is 63.3 Å². The zero-order chi connectivity index (χ0) is 17.5. The van der Waals surface area contributed by atoms with Crippen molar-refractivity contribution >= 4 is 10.0 Å². The quantitative estimate of drug-likeness (QED) is 0.927. The maximum Gasteiger partial charge on any atom is 0.214 e. The second-order valence-corrected chi connectivity index (χ2v) is 9.15. The second-order valence-electron chi connectivity index (χ2n) is 6.89. The van der Waals surface area contributed by atoms with Crippen LogP contribution in [-0.2, 0) is 22.9 Å². The van der Waals surface area contributed by atoms with Crippen LogP contribution in [0, 0.1) is 13.8 Å². The zero-order valence-corrected chi connectivity index (χ0v) is 15.4. The van der Waals surface area contributed by atoms with E-state index < -0.39 is 15.3 Å². The van der Waals surface area contributed by atoms with Crippen LogP contribution in [0.3, 0.4) is 0 Å². The smallest absolute Gasteiger partial charge is 0.214 e. The van der Waals surface area contributed by atoms with E-state index in [-0.39, 0.29) is 6.04 Å². The second kappa shape index (κ2) is 6.30. The van der Waals surface area contributed by atoms with Gasteiger partial charge < -0.3 is 0 Å². The average molecular weight is 344 g/mol. The zero-order valence-electron chi connectivity index (χ0n) is 14.6. The molecule has 0 spiro atoms. The summed E-state index contributed by atoms with van der Waals surface area (Å²) in [7, 11) is -3.23. The van der Waals surface area contributed by atoms with Crippen LogP contribution < -0.4 is 4.72 Å². The molecule has 128 valence electrons. The number of rotatable bonds is 4. The Labute approximate surface area is 144 Å². The van der Waals surface area contributed by atoms with E-state index in [4.69, 9.17) is 0 Å². The molecule has 0 amide bonds. The summed E-state index contributed by atoms with van der Waals surface area (Å²) in [5, 5.41) is -0.405. The van der Waals surface area contributed by atoms with Crippen LogP contribution in [0.25, 0.3) is 11.1 Å². The van der Waals surface area contributed by atoms with Crippen molar-refractivity contribution in [2.75, 3.05) is 0 Å². The van der Waals surface area contributed by atoms with E-state index in [0.29, 0.717) is 0 Å². The lowest BCUT2D eigenvalue weighted by Crippen LogP contribution is -2.39. The maximum absolute atomic E-state index is 12.1. The largest absolute Gasteiger partial charge is 0.258 e. The van der Waals surface area contributed by atoms with Gasteiger partial charge in [0.1, 0.15) is 0 Å². The fourth-order valence-corrected chi connectivity index (χ4v) is 4.13. The number of nitrogens with one attached hydrogen (secondary N) is 1. The Balaban J connectivity index is 1.84. The molecule has 1 aromatic heterocycles. The Morgan fingerprint density at radius 1 is 1.08 bits per heavy atom. The van der Waals surface area contributed by atoms with Crippen molar-refractivity contribution < 1.29 is 8.42 Å². The predicted molar refractivity (Wildman–Crippen MR) is 97.5 cm³/mol. The highest BCUT2D eigenvalue weighted by Gasteiger charge is 2.27. The molecule has 1 aliphatic carbocycles. The van der Waals surface area contributed by atoms with Crippen molar-refractivity contribution in [3.63, 3.8) is 0 Å². The highest BCUT2D eigenvalue weighted by atomic mass is 32.2. The van der Waals surface area contributed by atoms with E-state index in [1.807, 2.05) is 19.9 Å². The molecule has 1 N–H and O–H groups in total. The van der Waals surface area contributed by atoms with Crippen LogP contribution in [-0.4, -0.2) is 24.7 Å². The van der Waals surface area contributed by atoms with E-state index in [1.165, 1.54) is 11.1 Å². The van der Waals surface area contributed by atoms with Crippen LogP contribution in [0.4, 0.5) is 0 Å². The Bertz CT molecular complexity index is 873. The summed E-state index contributed by atoms with van der Waals surface area (Å²) < 4.78 is 27.0. The first kappa shape index (κ1) is 17.1. The molecule has 0 saturated heterocycles. The molecule has 1 unspecified atom stereocenters. The third-order valence-electron chi connectivity index (χ3n) is 4.63. The Kier molecular flexibility index (Phi) is 4.49. The van der Waals surface area contributed by atoms with Crippen molar-refractivity contribution in [1.29, 1.82) is 0 Å². The third kappa shape index (κ3) is 3.37. The summed E-state index contributed by atoms with van der Waals surface area (Å²) >= 11 is 0. The van der Waals surface area contributed by atoms with Crippen molar-refractivity contribution in [2.24, 2.45) is 0 Å². The van der Waals surface area contributed by atoms with Gasteiger partial charge >= 0.3 is 0 Å². The SMILES string of the molecule is Cc1ccc(-c2ccc3c(c2)CC(NS(=O)(=O)C(C)C)C3)c(C)n1. The van der Waals surface area contributed by atoms with Gasteiger partial charge in [0.15, 0.2) is 0 Å². The van der Waals surface area contributed by atoms with E-state index in [0.717, 1.165) is 35.4 Å². The minimum atomic E-state index is -3.23. The first-order chi connectivity index (χ1) is 11.3. The lowest BCUT2D eigenvalue weighted by molar-refractivity contribution is 0.547. The van der Waals surface area contributed by atoms with Gasteiger partial charge in [0.2, 0.25) is 10.0 Å². The number of hydrogen-bond acceptors (Lipinski definition) is 3. The van der Waals surface area contributed by atoms with Crippen LogP contribution >= 0.6 is 0 Å². The molecule has 4 nitrogen and oxygen atoms in total. The van der Waals surface area contributed by atoms with E-state index in [2.05, 4.69) is 34.0 Å². The molecule has 0 bridgehead atoms. The van der Waals surface area contributed by atoms with Gasteiger partial charge in [-0.1, -0.05) is 24.3 Å². The van der Waals surface area contributed by atoms with Crippen LogP contribution in [0.5, 0.6) is 0 Å². The number of aromatic nitrogens is 1. The first-order valence-corrected chi connectivity index (χ1v) is 9.88. The topological polar surface area (TPSA) is 59.1 Å². The van der Waals surface area contributed by atoms with Gasteiger partial charge in [-0.2, -0.15) is 0 Å². The van der Waals surface area contributed by atoms with Crippen molar-refractivity contribution in [1.82, 2.24) is 9.71 Å². The summed E-state index contributed by atoms with van der Waals surface area (Å²) in [6.07, 6.45) is 1.50. The molecule has 2 aromatic rings. The van der Waals surface area contributed by atoms with Gasteiger partial charge in [-0.3, -0.25) is 4.98 Å². The number of aryl methyl sites for hydroxylation is 2. The summed E-state index contributed by atoms with van der Waals surface area (Å²) in [5.74, 6) is 0. The van der Waals surface area contributed by atoms with Gasteiger partial charge in [0.25, 0.3) is 0 Å². The highest BCUT2D eigenvalue weighted by molar-refractivity contribution is 7.90. The summed E-state index contributed by atoms with van der Waals surface area (Å²) in [6, 6.07) is 10.5. The van der Waals surface area contributed by atoms with E-state index in [1.54, 1.807) is 13.8 Å². The fourth-order valence-electron chi connectivity index (χ4n) is 3.23. The lowest BCUT2D eigenvalue weighted by Gasteiger charge is -2.14. The number of nitrogens with zero attached hydrogens (tertiary/aromatic N) is 1. The number of sulfonamides is 1. The molecular weight excluding hydrogens is 320 g/mol. The molecule has 24 heavy (non-hydrogen) atoms. The van der Waals surface area contributed by atoms with E-state index >= 15 is 0 Å². The molecule has 1 aliphatic rings. The molecule has 0 aliphatic heterocycles. The van der Waals surface area contributed by atoms with Crippen molar-refractivity contribution in [3.05, 3.63) is 52.8 Å². The monoisotopic (exact) mass is 344 g/mol. The van der Waals surface area contributed by atoms with Crippen molar-refractivity contribution in [3.8, 4) is 11.1 Å². The molecule has 3 rings (SSSR count). The summed E-state index contributed by atoms with van der Waals surface area (Å²) in [6.45, 7) is 7.42. The standard InChI is InChI=1S/C19H24N2O2S/c1-12(2)24(22,23)21-18-10-15-6-7-16(9-17(15)11-18)19-8-5-13(3)20-14(19)4/h5-9,12,18,21H,10-11H2,1-4H3. The van der Waals surface area contributed by atoms with Gasteiger partial charge in [-0.25, -0.2) is 13.1 Å². The average Bonchev–Trinajstić information content (AvgIpc) is 2.87. The Morgan fingerprint density at radius 2 is 1.79 bits per heavy atom. The minimum absolute atomic E-state index is 0.0418. The van der Waals surface area contributed by atoms with Crippen LogP contribution in [0.15, 0.2) is 30.3 Å². The van der Waals surface area contributed by atoms with Gasteiger partial charge in [0.05, 0.1) is 5.25 Å². The predicted octanol–water partition coefficient (Wildman–Crippen LogP) is 3.16. The first-order valence-electron chi connectivity index (χ1n) is 8.34. The number of pyridine rings is 1. The molecular formula is C19H24N2O2S.